The first-order valence-electron chi connectivity index (χ1n) is 3.88. The molecule has 0 aliphatic heterocycles. The van der Waals surface area contributed by atoms with E-state index in [0.717, 1.165) is 0 Å². The predicted molar refractivity (Wildman–Crippen MR) is 57.8 cm³/mol. The van der Waals surface area contributed by atoms with Gasteiger partial charge in [-0.1, -0.05) is 0 Å². The fourth-order valence-corrected chi connectivity index (χ4v) is 1.55. The summed E-state index contributed by atoms with van der Waals surface area (Å²) in [6, 6.07) is 2.60. The normalized spacial score (nSPS) is 10.0. The monoisotopic (exact) mass is 324 g/mol. The second kappa shape index (κ2) is 4.89. The molecule has 0 N–H and O–H groups in total. The highest BCUT2D eigenvalue weighted by atomic mass is 79.9. The number of esters is 1. The predicted octanol–water partition coefficient (Wildman–Crippen LogP) is 3.53. The molecule has 5 heteroatoms. The standard InChI is InChI=1S/C9H7Br2FO2/c1-2-14-9(13)5-3-6(10)7(11)4-8(5)12/h3-4H,2H2,1H3. The largest absolute Gasteiger partial charge is 0.462 e. The Balaban J connectivity index is 3.09. The molecule has 0 unspecified atom stereocenters. The number of carbonyl (C=O) groups is 1. The quantitative estimate of drug-likeness (QED) is 0.614. The zero-order valence-electron chi connectivity index (χ0n) is 7.31. The van der Waals surface area contributed by atoms with Crippen LogP contribution < -0.4 is 0 Å². The van der Waals surface area contributed by atoms with Crippen LogP contribution in [0.1, 0.15) is 17.3 Å². The zero-order chi connectivity index (χ0) is 10.7. The van der Waals surface area contributed by atoms with Crippen molar-refractivity contribution in [2.75, 3.05) is 6.61 Å². The van der Waals surface area contributed by atoms with Crippen molar-refractivity contribution < 1.29 is 13.9 Å². The lowest BCUT2D eigenvalue weighted by Gasteiger charge is -2.04. The van der Waals surface area contributed by atoms with E-state index in [1.54, 1.807) is 6.92 Å². The third-order valence-electron chi connectivity index (χ3n) is 1.51. The molecule has 14 heavy (non-hydrogen) atoms. The Morgan fingerprint density at radius 2 is 2.00 bits per heavy atom. The van der Waals surface area contributed by atoms with Crippen molar-refractivity contribution in [3.8, 4) is 0 Å². The molecular weight excluding hydrogens is 319 g/mol. The van der Waals surface area contributed by atoms with Crippen LogP contribution in [-0.2, 0) is 4.74 Å². The van der Waals surface area contributed by atoms with Crippen LogP contribution in [0, 0.1) is 5.82 Å². The van der Waals surface area contributed by atoms with Crippen molar-refractivity contribution in [3.05, 3.63) is 32.5 Å². The van der Waals surface area contributed by atoms with Gasteiger partial charge in [0.15, 0.2) is 0 Å². The van der Waals surface area contributed by atoms with Crippen LogP contribution in [0.2, 0.25) is 0 Å². The number of hydrogen-bond acceptors (Lipinski definition) is 2. The Bertz CT molecular complexity index is 366. The zero-order valence-corrected chi connectivity index (χ0v) is 10.5. The van der Waals surface area contributed by atoms with Gasteiger partial charge < -0.3 is 4.74 Å². The molecule has 0 aromatic heterocycles. The molecule has 0 aliphatic carbocycles. The van der Waals surface area contributed by atoms with Gasteiger partial charge in [-0.2, -0.15) is 0 Å². The number of hydrogen-bond donors (Lipinski definition) is 0. The SMILES string of the molecule is CCOC(=O)c1cc(Br)c(Br)cc1F. The first kappa shape index (κ1) is 11.7. The van der Waals surface area contributed by atoms with Crippen molar-refractivity contribution in [1.82, 2.24) is 0 Å². The van der Waals surface area contributed by atoms with Gasteiger partial charge in [0.1, 0.15) is 5.82 Å². The minimum atomic E-state index is -0.654. The molecule has 1 rings (SSSR count). The van der Waals surface area contributed by atoms with E-state index in [-0.39, 0.29) is 12.2 Å². The van der Waals surface area contributed by atoms with Crippen molar-refractivity contribution in [1.29, 1.82) is 0 Å². The van der Waals surface area contributed by atoms with Crippen LogP contribution in [0.25, 0.3) is 0 Å². The van der Waals surface area contributed by atoms with Crippen LogP contribution in [0.5, 0.6) is 0 Å². The molecule has 2 nitrogen and oxygen atoms in total. The Morgan fingerprint density at radius 3 is 2.57 bits per heavy atom. The summed E-state index contributed by atoms with van der Waals surface area (Å²) < 4.78 is 19.1. The summed E-state index contributed by atoms with van der Waals surface area (Å²) in [6.45, 7) is 1.90. The van der Waals surface area contributed by atoms with Crippen molar-refractivity contribution in [2.24, 2.45) is 0 Å². The molecule has 0 bridgehead atoms. The average Bonchev–Trinajstić information content (AvgIpc) is 2.11. The number of rotatable bonds is 2. The van der Waals surface area contributed by atoms with Crippen LogP contribution in [0.15, 0.2) is 21.1 Å². The maximum absolute atomic E-state index is 13.3. The van der Waals surface area contributed by atoms with Crippen LogP contribution >= 0.6 is 31.9 Å². The first-order chi connectivity index (χ1) is 6.56. The lowest BCUT2D eigenvalue weighted by Crippen LogP contribution is -2.07. The smallest absolute Gasteiger partial charge is 0.341 e. The molecule has 1 aromatic rings. The lowest BCUT2D eigenvalue weighted by molar-refractivity contribution is 0.0521. The van der Waals surface area contributed by atoms with E-state index in [2.05, 4.69) is 36.6 Å². The number of halogens is 3. The molecule has 0 aliphatic rings. The molecular formula is C9H7Br2FO2. The minimum absolute atomic E-state index is 0.0677. The van der Waals surface area contributed by atoms with E-state index in [9.17, 15) is 9.18 Å². The van der Waals surface area contributed by atoms with Gasteiger partial charge in [0, 0.05) is 8.95 Å². The molecule has 0 saturated carbocycles. The molecule has 0 saturated heterocycles. The van der Waals surface area contributed by atoms with Gasteiger partial charge in [-0.05, 0) is 50.9 Å². The third kappa shape index (κ3) is 2.54. The van der Waals surface area contributed by atoms with E-state index < -0.39 is 11.8 Å². The van der Waals surface area contributed by atoms with E-state index in [4.69, 9.17) is 0 Å². The summed E-state index contributed by atoms with van der Waals surface area (Å²) in [7, 11) is 0. The van der Waals surface area contributed by atoms with Crippen molar-refractivity contribution >= 4 is 37.8 Å². The highest BCUT2D eigenvalue weighted by molar-refractivity contribution is 9.13. The Hall–Kier alpha value is -0.420. The van der Waals surface area contributed by atoms with Gasteiger partial charge >= 0.3 is 5.97 Å². The Labute approximate surface area is 97.7 Å². The van der Waals surface area contributed by atoms with E-state index in [1.807, 2.05) is 0 Å². The van der Waals surface area contributed by atoms with Crippen LogP contribution in [0.4, 0.5) is 4.39 Å². The summed E-state index contributed by atoms with van der Waals surface area (Å²) >= 11 is 6.31. The molecule has 0 fully saturated rings. The molecule has 76 valence electrons. The average molecular weight is 326 g/mol. The molecule has 1 aromatic carbocycles. The summed E-state index contributed by atoms with van der Waals surface area (Å²) in [5.41, 5.74) is -0.0677. The summed E-state index contributed by atoms with van der Waals surface area (Å²) in [4.78, 5) is 11.2. The maximum Gasteiger partial charge on any atom is 0.341 e. The molecule has 0 amide bonds. The highest BCUT2D eigenvalue weighted by Crippen LogP contribution is 2.26. The van der Waals surface area contributed by atoms with Gasteiger partial charge in [-0.15, -0.1) is 0 Å². The second-order valence-electron chi connectivity index (χ2n) is 2.47. The second-order valence-corrected chi connectivity index (χ2v) is 4.18. The van der Waals surface area contributed by atoms with Gasteiger partial charge in [-0.3, -0.25) is 0 Å². The van der Waals surface area contributed by atoms with Gasteiger partial charge in [0.05, 0.1) is 12.2 Å². The van der Waals surface area contributed by atoms with Crippen molar-refractivity contribution in [3.63, 3.8) is 0 Å². The van der Waals surface area contributed by atoms with Gasteiger partial charge in [-0.25, -0.2) is 9.18 Å². The van der Waals surface area contributed by atoms with Crippen LogP contribution in [-0.4, -0.2) is 12.6 Å². The first-order valence-corrected chi connectivity index (χ1v) is 5.46. The van der Waals surface area contributed by atoms with Crippen LogP contribution in [0.3, 0.4) is 0 Å². The highest BCUT2D eigenvalue weighted by Gasteiger charge is 2.14. The van der Waals surface area contributed by atoms with Gasteiger partial charge in [0.25, 0.3) is 0 Å². The van der Waals surface area contributed by atoms with Crippen molar-refractivity contribution in [2.45, 2.75) is 6.92 Å². The fraction of sp³-hybridized carbons (Fsp3) is 0.222. The molecule has 0 atom stereocenters. The number of benzene rings is 1. The van der Waals surface area contributed by atoms with E-state index in [0.29, 0.717) is 8.95 Å². The van der Waals surface area contributed by atoms with E-state index in [1.165, 1.54) is 12.1 Å². The fourth-order valence-electron chi connectivity index (χ4n) is 0.888. The lowest BCUT2D eigenvalue weighted by atomic mass is 10.2. The topological polar surface area (TPSA) is 26.3 Å². The number of carbonyl (C=O) groups excluding carboxylic acids is 1. The minimum Gasteiger partial charge on any atom is -0.462 e. The van der Waals surface area contributed by atoms with Gasteiger partial charge in [0.2, 0.25) is 0 Å². The Morgan fingerprint density at radius 1 is 1.43 bits per heavy atom. The molecule has 0 radical (unpaired) electrons. The Kier molecular flexibility index (Phi) is 4.07. The third-order valence-corrected chi connectivity index (χ3v) is 3.35. The summed E-state index contributed by atoms with van der Waals surface area (Å²) in [5, 5.41) is 0. The summed E-state index contributed by atoms with van der Waals surface area (Å²) in [5.74, 6) is -1.25. The molecule has 0 heterocycles. The summed E-state index contributed by atoms with van der Waals surface area (Å²) in [6.07, 6.45) is 0. The van der Waals surface area contributed by atoms with E-state index >= 15 is 0 Å². The number of ether oxygens (including phenoxy) is 1. The maximum atomic E-state index is 13.3. The molecule has 0 spiro atoms.